The van der Waals surface area contributed by atoms with Gasteiger partial charge in [0.25, 0.3) is 0 Å². The van der Waals surface area contributed by atoms with Crippen molar-refractivity contribution in [2.75, 3.05) is 6.61 Å². The Hall–Kier alpha value is -1.20. The van der Waals surface area contributed by atoms with E-state index >= 15 is 0 Å². The number of aromatic nitrogens is 1. The van der Waals surface area contributed by atoms with Gasteiger partial charge < -0.3 is 4.74 Å². The van der Waals surface area contributed by atoms with Crippen molar-refractivity contribution in [3.8, 4) is 5.75 Å². The van der Waals surface area contributed by atoms with Crippen molar-refractivity contribution in [3.05, 3.63) is 34.4 Å². The van der Waals surface area contributed by atoms with Gasteiger partial charge >= 0.3 is 6.18 Å². The molecule has 0 fully saturated rings. The van der Waals surface area contributed by atoms with Gasteiger partial charge in [0.05, 0.1) is 15.6 Å². The first-order valence-corrected chi connectivity index (χ1v) is 5.56. The molecule has 0 unspecified atom stereocenters. The van der Waals surface area contributed by atoms with E-state index in [0.29, 0.717) is 10.9 Å². The molecule has 0 aliphatic rings. The van der Waals surface area contributed by atoms with Crippen LogP contribution < -0.4 is 4.74 Å². The first-order chi connectivity index (χ1) is 8.37. The van der Waals surface area contributed by atoms with Crippen LogP contribution >= 0.6 is 23.2 Å². The van der Waals surface area contributed by atoms with Crippen molar-refractivity contribution in [3.63, 3.8) is 0 Å². The number of alkyl halides is 3. The summed E-state index contributed by atoms with van der Waals surface area (Å²) in [6.07, 6.45) is -3.01. The highest BCUT2D eigenvalue weighted by Crippen LogP contribution is 2.31. The van der Waals surface area contributed by atoms with Crippen molar-refractivity contribution < 1.29 is 17.9 Å². The van der Waals surface area contributed by atoms with Crippen molar-refractivity contribution in [2.45, 2.75) is 6.18 Å². The van der Waals surface area contributed by atoms with Crippen LogP contribution in [0.25, 0.3) is 10.9 Å². The van der Waals surface area contributed by atoms with E-state index in [9.17, 15) is 13.2 Å². The second-order valence-corrected chi connectivity index (χ2v) is 4.29. The van der Waals surface area contributed by atoms with Crippen LogP contribution in [0.3, 0.4) is 0 Å². The molecule has 0 N–H and O–H groups in total. The summed E-state index contributed by atoms with van der Waals surface area (Å²) in [5.41, 5.74) is 0.531. The summed E-state index contributed by atoms with van der Waals surface area (Å²) in [6, 6.07) is 4.29. The SMILES string of the molecule is FC(F)(F)COc1ccc2ncc(Cl)c(Cl)c2c1. The van der Waals surface area contributed by atoms with Gasteiger partial charge in [0.1, 0.15) is 5.75 Å². The lowest BCUT2D eigenvalue weighted by molar-refractivity contribution is -0.153. The number of rotatable bonds is 2. The maximum absolute atomic E-state index is 12.0. The Kier molecular flexibility index (Phi) is 3.54. The Morgan fingerprint density at radius 3 is 2.61 bits per heavy atom. The van der Waals surface area contributed by atoms with Crippen molar-refractivity contribution in [1.82, 2.24) is 4.98 Å². The van der Waals surface area contributed by atoms with Crippen molar-refractivity contribution >= 4 is 34.1 Å². The largest absolute Gasteiger partial charge is 0.484 e. The summed E-state index contributed by atoms with van der Waals surface area (Å²) >= 11 is 11.7. The molecule has 0 aliphatic heterocycles. The third-order valence-corrected chi connectivity index (χ3v) is 2.92. The number of halogens is 5. The molecule has 0 aliphatic carbocycles. The van der Waals surface area contributed by atoms with Gasteiger partial charge in [-0.3, -0.25) is 4.98 Å². The lowest BCUT2D eigenvalue weighted by Gasteiger charge is -2.10. The third kappa shape index (κ3) is 2.97. The number of hydrogen-bond donors (Lipinski definition) is 0. The Labute approximate surface area is 110 Å². The average Bonchev–Trinajstić information content (AvgIpc) is 2.31. The molecule has 0 saturated carbocycles. The third-order valence-electron chi connectivity index (χ3n) is 2.13. The van der Waals surface area contributed by atoms with Crippen LogP contribution in [0.4, 0.5) is 13.2 Å². The first-order valence-electron chi connectivity index (χ1n) is 4.80. The summed E-state index contributed by atoms with van der Waals surface area (Å²) in [7, 11) is 0. The van der Waals surface area contributed by atoms with Crippen LogP contribution in [0, 0.1) is 0 Å². The minimum absolute atomic E-state index is 0.0609. The molecule has 0 bridgehead atoms. The molecule has 0 spiro atoms. The summed E-state index contributed by atoms with van der Waals surface area (Å²) in [6.45, 7) is -1.36. The molecular formula is C11H6Cl2F3NO. The number of ether oxygens (including phenoxy) is 1. The molecule has 2 aromatic rings. The fourth-order valence-electron chi connectivity index (χ4n) is 1.37. The number of fused-ring (bicyclic) bond motifs is 1. The van der Waals surface area contributed by atoms with Crippen molar-refractivity contribution in [1.29, 1.82) is 0 Å². The molecule has 0 saturated heterocycles. The van der Waals surface area contributed by atoms with Crippen LogP contribution in [0.15, 0.2) is 24.4 Å². The van der Waals surface area contributed by atoms with Gasteiger partial charge in [0.15, 0.2) is 6.61 Å². The molecule has 1 aromatic carbocycles. The second-order valence-electron chi connectivity index (χ2n) is 3.50. The zero-order chi connectivity index (χ0) is 13.3. The van der Waals surface area contributed by atoms with E-state index < -0.39 is 12.8 Å². The van der Waals surface area contributed by atoms with Crippen molar-refractivity contribution in [2.24, 2.45) is 0 Å². The van der Waals surface area contributed by atoms with Crippen LogP contribution in [-0.4, -0.2) is 17.8 Å². The summed E-state index contributed by atoms with van der Waals surface area (Å²) in [5, 5.41) is 0.917. The number of nitrogens with zero attached hydrogens (tertiary/aromatic N) is 1. The fourth-order valence-corrected chi connectivity index (χ4v) is 1.72. The Bertz CT molecular complexity index is 586. The Morgan fingerprint density at radius 1 is 1.22 bits per heavy atom. The first kappa shape index (κ1) is 13.2. The molecule has 2 nitrogen and oxygen atoms in total. The minimum Gasteiger partial charge on any atom is -0.484 e. The monoisotopic (exact) mass is 295 g/mol. The topological polar surface area (TPSA) is 22.1 Å². The molecule has 0 atom stereocenters. The van der Waals surface area contributed by atoms with Gasteiger partial charge in [-0.15, -0.1) is 0 Å². The highest BCUT2D eigenvalue weighted by Gasteiger charge is 2.28. The van der Waals surface area contributed by atoms with E-state index in [1.807, 2.05) is 0 Å². The molecular weight excluding hydrogens is 290 g/mol. The van der Waals surface area contributed by atoms with Gasteiger partial charge in [0, 0.05) is 11.6 Å². The average molecular weight is 296 g/mol. The predicted octanol–water partition coefficient (Wildman–Crippen LogP) is 4.48. The quantitative estimate of drug-likeness (QED) is 0.815. The minimum atomic E-state index is -4.38. The molecule has 1 heterocycles. The van der Waals surface area contributed by atoms with Gasteiger partial charge in [-0.1, -0.05) is 23.2 Å². The van der Waals surface area contributed by atoms with Crippen LogP contribution in [0.5, 0.6) is 5.75 Å². The van der Waals surface area contributed by atoms with Crippen LogP contribution in [0.2, 0.25) is 10.0 Å². The second kappa shape index (κ2) is 4.82. The predicted molar refractivity (Wildman–Crippen MR) is 63.3 cm³/mol. The molecule has 2 rings (SSSR count). The highest BCUT2D eigenvalue weighted by molar-refractivity contribution is 6.45. The normalized spacial score (nSPS) is 11.8. The Balaban J connectivity index is 2.35. The lowest BCUT2D eigenvalue weighted by Crippen LogP contribution is -2.19. The standard InChI is InChI=1S/C11H6Cl2F3NO/c12-8-4-17-9-2-1-6(3-7(9)10(8)13)18-5-11(14,15)16/h1-4H,5H2. The summed E-state index contributed by atoms with van der Waals surface area (Å²) < 4.78 is 40.7. The van der Waals surface area contributed by atoms with E-state index in [0.717, 1.165) is 0 Å². The zero-order valence-corrected chi connectivity index (χ0v) is 10.3. The molecule has 0 radical (unpaired) electrons. The Morgan fingerprint density at radius 2 is 1.94 bits per heavy atom. The van der Waals surface area contributed by atoms with Gasteiger partial charge in [-0.25, -0.2) is 0 Å². The molecule has 1 aromatic heterocycles. The van der Waals surface area contributed by atoms with Crippen LogP contribution in [0.1, 0.15) is 0 Å². The van der Waals surface area contributed by atoms with Gasteiger partial charge in [0.2, 0.25) is 0 Å². The fraction of sp³-hybridized carbons (Fsp3) is 0.182. The number of pyridine rings is 1. The van der Waals surface area contributed by atoms with E-state index in [1.165, 1.54) is 24.4 Å². The summed E-state index contributed by atoms with van der Waals surface area (Å²) in [4.78, 5) is 4.00. The van der Waals surface area contributed by atoms with Crippen LogP contribution in [-0.2, 0) is 0 Å². The maximum atomic E-state index is 12.0. The molecule has 7 heteroatoms. The summed E-state index contributed by atoms with van der Waals surface area (Å²) in [5.74, 6) is 0.0609. The van der Waals surface area contributed by atoms with Gasteiger partial charge in [-0.05, 0) is 18.2 Å². The van der Waals surface area contributed by atoms with Gasteiger partial charge in [-0.2, -0.15) is 13.2 Å². The zero-order valence-electron chi connectivity index (χ0n) is 8.76. The maximum Gasteiger partial charge on any atom is 0.422 e. The molecule has 18 heavy (non-hydrogen) atoms. The smallest absolute Gasteiger partial charge is 0.422 e. The number of hydrogen-bond acceptors (Lipinski definition) is 2. The lowest BCUT2D eigenvalue weighted by atomic mass is 10.2. The highest BCUT2D eigenvalue weighted by atomic mass is 35.5. The van der Waals surface area contributed by atoms with E-state index in [1.54, 1.807) is 0 Å². The van der Waals surface area contributed by atoms with E-state index in [2.05, 4.69) is 9.72 Å². The molecule has 0 amide bonds. The van der Waals surface area contributed by atoms with E-state index in [-0.39, 0.29) is 15.8 Å². The van der Waals surface area contributed by atoms with E-state index in [4.69, 9.17) is 23.2 Å². The number of benzene rings is 1. The molecule has 96 valence electrons.